The molecule has 0 aliphatic rings. The fourth-order valence-corrected chi connectivity index (χ4v) is 4.11. The lowest BCUT2D eigenvalue weighted by Gasteiger charge is -2.23. The Hall–Kier alpha value is -3.84. The minimum atomic E-state index is 1.18. The topological polar surface area (TPSA) is 3.24 Å². The predicted octanol–water partition coefficient (Wildman–Crippen LogP) is 7.94. The highest BCUT2D eigenvalue weighted by atomic mass is 15.1. The number of para-hydroxylation sites is 1. The van der Waals surface area contributed by atoms with E-state index in [1.807, 2.05) is 0 Å². The van der Waals surface area contributed by atoms with Crippen molar-refractivity contribution in [2.24, 2.45) is 0 Å². The lowest BCUT2D eigenvalue weighted by molar-refractivity contribution is 1.21. The van der Waals surface area contributed by atoms with E-state index < -0.39 is 0 Å². The van der Waals surface area contributed by atoms with Crippen LogP contribution < -0.4 is 4.90 Å². The summed E-state index contributed by atoms with van der Waals surface area (Å²) >= 11 is 0. The largest absolute Gasteiger partial charge is 0.344 e. The van der Waals surface area contributed by atoms with Gasteiger partial charge >= 0.3 is 0 Å². The summed E-state index contributed by atoms with van der Waals surface area (Å²) in [6, 6.07) is 43.0. The van der Waals surface area contributed by atoms with Gasteiger partial charge in [0.2, 0.25) is 0 Å². The van der Waals surface area contributed by atoms with Crippen molar-refractivity contribution < 1.29 is 0 Å². The van der Waals surface area contributed by atoms with Crippen molar-refractivity contribution in [2.75, 3.05) is 11.9 Å². The lowest BCUT2D eigenvalue weighted by atomic mass is 9.97. The number of anilines is 2. The highest BCUT2D eigenvalue weighted by molar-refractivity contribution is 5.99. The zero-order valence-corrected chi connectivity index (χ0v) is 17.0. The van der Waals surface area contributed by atoms with Gasteiger partial charge in [0, 0.05) is 24.0 Å². The van der Waals surface area contributed by atoms with E-state index in [9.17, 15) is 0 Å². The highest BCUT2D eigenvalue weighted by Gasteiger charge is 2.12. The number of fused-ring (bicyclic) bond motifs is 1. The van der Waals surface area contributed by atoms with E-state index in [0.29, 0.717) is 0 Å². The van der Waals surface area contributed by atoms with Gasteiger partial charge in [0.05, 0.1) is 0 Å². The normalized spacial score (nSPS) is 10.8. The van der Waals surface area contributed by atoms with E-state index in [-0.39, 0.29) is 0 Å². The highest BCUT2D eigenvalue weighted by Crippen LogP contribution is 2.37. The average molecular weight is 386 g/mol. The fraction of sp³-hybridized carbons (Fsp3) is 0.0345. The van der Waals surface area contributed by atoms with Crippen LogP contribution in [0.4, 0.5) is 11.4 Å². The molecule has 1 heteroatoms. The van der Waals surface area contributed by atoms with Crippen LogP contribution >= 0.6 is 0 Å². The Bertz CT molecular complexity index is 1290. The van der Waals surface area contributed by atoms with E-state index in [2.05, 4.69) is 133 Å². The Balaban J connectivity index is 1.63. The maximum Gasteiger partial charge on any atom is 0.0487 e. The summed E-state index contributed by atoms with van der Waals surface area (Å²) in [6.07, 6.45) is 0. The molecule has 5 aromatic carbocycles. The molecule has 0 atom stereocenters. The van der Waals surface area contributed by atoms with Crippen LogP contribution in [0, 0.1) is 0 Å². The zero-order chi connectivity index (χ0) is 20.3. The van der Waals surface area contributed by atoms with Crippen LogP contribution in [0.1, 0.15) is 0 Å². The van der Waals surface area contributed by atoms with E-state index >= 15 is 0 Å². The third kappa shape index (κ3) is 3.35. The molecule has 0 amide bonds. The lowest BCUT2D eigenvalue weighted by Crippen LogP contribution is -2.10. The second-order valence-corrected chi connectivity index (χ2v) is 7.52. The van der Waals surface area contributed by atoms with Gasteiger partial charge in [-0.2, -0.15) is 0 Å². The molecule has 0 heterocycles. The van der Waals surface area contributed by atoms with E-state index in [1.54, 1.807) is 0 Å². The van der Waals surface area contributed by atoms with Crippen LogP contribution in [0.15, 0.2) is 121 Å². The van der Waals surface area contributed by atoms with Crippen LogP contribution in [-0.4, -0.2) is 7.05 Å². The minimum absolute atomic E-state index is 1.18. The predicted molar refractivity (Wildman–Crippen MR) is 129 cm³/mol. The van der Waals surface area contributed by atoms with Crippen LogP contribution in [0.2, 0.25) is 0 Å². The van der Waals surface area contributed by atoms with Crippen molar-refractivity contribution in [3.8, 4) is 22.3 Å². The second-order valence-electron chi connectivity index (χ2n) is 7.52. The zero-order valence-electron chi connectivity index (χ0n) is 17.0. The van der Waals surface area contributed by atoms with Crippen LogP contribution in [-0.2, 0) is 0 Å². The van der Waals surface area contributed by atoms with Gasteiger partial charge in [0.25, 0.3) is 0 Å². The maximum absolute atomic E-state index is 2.30. The van der Waals surface area contributed by atoms with Gasteiger partial charge in [-0.05, 0) is 45.7 Å². The van der Waals surface area contributed by atoms with Gasteiger partial charge in [-0.3, -0.25) is 0 Å². The van der Waals surface area contributed by atoms with Gasteiger partial charge in [0.15, 0.2) is 0 Å². The molecule has 0 aliphatic carbocycles. The molecule has 1 nitrogen and oxygen atoms in total. The number of nitrogens with zero attached hydrogens (tertiary/aromatic N) is 1. The Labute approximate surface area is 177 Å². The Morgan fingerprint density at radius 1 is 0.500 bits per heavy atom. The van der Waals surface area contributed by atoms with Gasteiger partial charge < -0.3 is 4.90 Å². The second kappa shape index (κ2) is 7.88. The molecule has 0 N–H and O–H groups in total. The summed E-state index contributed by atoms with van der Waals surface area (Å²) in [5.74, 6) is 0. The fourth-order valence-electron chi connectivity index (χ4n) is 4.11. The van der Waals surface area contributed by atoms with Crippen LogP contribution in [0.5, 0.6) is 0 Å². The number of benzene rings is 5. The molecule has 0 saturated heterocycles. The van der Waals surface area contributed by atoms with Gasteiger partial charge in [-0.25, -0.2) is 0 Å². The smallest absolute Gasteiger partial charge is 0.0487 e. The number of hydrogen-bond donors (Lipinski definition) is 0. The average Bonchev–Trinajstić information content (AvgIpc) is 2.84. The number of hydrogen-bond acceptors (Lipinski definition) is 1. The molecule has 0 saturated carbocycles. The van der Waals surface area contributed by atoms with Crippen molar-refractivity contribution in [1.29, 1.82) is 0 Å². The monoisotopic (exact) mass is 385 g/mol. The van der Waals surface area contributed by atoms with E-state index in [0.717, 1.165) is 0 Å². The third-order valence-electron chi connectivity index (χ3n) is 5.69. The molecule has 0 bridgehead atoms. The third-order valence-corrected chi connectivity index (χ3v) is 5.69. The molecule has 0 unspecified atom stereocenters. The van der Waals surface area contributed by atoms with Gasteiger partial charge in [-0.1, -0.05) is 103 Å². The minimum Gasteiger partial charge on any atom is -0.344 e. The molecule has 0 spiro atoms. The van der Waals surface area contributed by atoms with Gasteiger partial charge in [-0.15, -0.1) is 0 Å². The summed E-state index contributed by atoms with van der Waals surface area (Å²) in [5.41, 5.74) is 7.34. The molecular weight excluding hydrogens is 362 g/mol. The molecule has 0 aromatic heterocycles. The van der Waals surface area contributed by atoms with Crippen molar-refractivity contribution in [3.05, 3.63) is 121 Å². The molecule has 0 fully saturated rings. The van der Waals surface area contributed by atoms with Crippen molar-refractivity contribution in [3.63, 3.8) is 0 Å². The molecule has 144 valence electrons. The first kappa shape index (κ1) is 18.2. The van der Waals surface area contributed by atoms with Gasteiger partial charge in [0.1, 0.15) is 0 Å². The first-order chi connectivity index (χ1) is 14.8. The maximum atomic E-state index is 2.30. The standard InChI is InChI=1S/C29H23N/c1-30(29-18-9-8-16-27(29)23-13-6-3-7-14-23)25-20-19-24-15-10-17-26(28(24)21-25)22-11-4-2-5-12-22/h2-21H,1H3. The Kier molecular flexibility index (Phi) is 4.78. The molecular formula is C29H23N. The van der Waals surface area contributed by atoms with E-state index in [1.165, 1.54) is 44.4 Å². The molecule has 0 radical (unpaired) electrons. The molecule has 30 heavy (non-hydrogen) atoms. The molecule has 0 aliphatic heterocycles. The summed E-state index contributed by atoms with van der Waals surface area (Å²) in [5, 5.41) is 2.52. The van der Waals surface area contributed by atoms with Crippen LogP contribution in [0.3, 0.4) is 0 Å². The van der Waals surface area contributed by atoms with Crippen molar-refractivity contribution >= 4 is 22.1 Å². The first-order valence-electron chi connectivity index (χ1n) is 10.3. The van der Waals surface area contributed by atoms with Crippen molar-refractivity contribution in [1.82, 2.24) is 0 Å². The summed E-state index contributed by atoms with van der Waals surface area (Å²) in [6.45, 7) is 0. The quantitative estimate of drug-likeness (QED) is 0.303. The molecule has 5 aromatic rings. The number of rotatable bonds is 4. The van der Waals surface area contributed by atoms with Crippen LogP contribution in [0.25, 0.3) is 33.0 Å². The van der Waals surface area contributed by atoms with E-state index in [4.69, 9.17) is 0 Å². The Morgan fingerprint density at radius 3 is 1.83 bits per heavy atom. The Morgan fingerprint density at radius 2 is 1.10 bits per heavy atom. The summed E-state index contributed by atoms with van der Waals surface area (Å²) in [4.78, 5) is 2.28. The summed E-state index contributed by atoms with van der Waals surface area (Å²) < 4.78 is 0. The first-order valence-corrected chi connectivity index (χ1v) is 10.3. The summed E-state index contributed by atoms with van der Waals surface area (Å²) in [7, 11) is 2.15. The van der Waals surface area contributed by atoms with Crippen molar-refractivity contribution in [2.45, 2.75) is 0 Å². The SMILES string of the molecule is CN(c1ccc2cccc(-c3ccccc3)c2c1)c1ccccc1-c1ccccc1. The molecule has 5 rings (SSSR count).